The Balaban J connectivity index is 1.89. The third-order valence-corrected chi connectivity index (χ3v) is 5.15. The maximum atomic E-state index is 4.86. The number of aryl methyl sites for hydroxylation is 1. The minimum Gasteiger partial charge on any atom is -0.233 e. The van der Waals surface area contributed by atoms with Gasteiger partial charge < -0.3 is 0 Å². The summed E-state index contributed by atoms with van der Waals surface area (Å²) in [5, 5.41) is 1.07. The first-order valence-electron chi connectivity index (χ1n) is 9.78. The maximum absolute atomic E-state index is 4.86. The van der Waals surface area contributed by atoms with Gasteiger partial charge in [-0.2, -0.15) is 0 Å². The van der Waals surface area contributed by atoms with Crippen molar-refractivity contribution in [3.8, 4) is 33.5 Å². The van der Waals surface area contributed by atoms with E-state index >= 15 is 0 Å². The lowest BCUT2D eigenvalue weighted by atomic mass is 9.94. The lowest BCUT2D eigenvalue weighted by Crippen LogP contribution is -1.97. The Morgan fingerprint density at radius 1 is 0.517 bits per heavy atom. The molecule has 29 heavy (non-hydrogen) atoms. The maximum Gasteiger partial charge on any atom is 0.126 e. The molecule has 0 aliphatic rings. The number of aromatic nitrogens is 2. The topological polar surface area (TPSA) is 25.8 Å². The molecule has 0 aliphatic carbocycles. The molecule has 0 spiro atoms. The Kier molecular flexibility index (Phi) is 4.38. The van der Waals surface area contributed by atoms with E-state index in [1.54, 1.807) is 0 Å². The molecule has 0 fully saturated rings. The Hall–Kier alpha value is -3.78. The van der Waals surface area contributed by atoms with Gasteiger partial charge in [-0.1, -0.05) is 91.0 Å². The van der Waals surface area contributed by atoms with Crippen LogP contribution in [0.5, 0.6) is 0 Å². The number of benzene rings is 4. The van der Waals surface area contributed by atoms with Gasteiger partial charge >= 0.3 is 0 Å². The van der Waals surface area contributed by atoms with E-state index in [0.29, 0.717) is 0 Å². The molecule has 5 rings (SSSR count). The van der Waals surface area contributed by atoms with Crippen LogP contribution >= 0.6 is 0 Å². The van der Waals surface area contributed by atoms with Crippen LogP contribution < -0.4 is 0 Å². The molecule has 2 nitrogen and oxygen atoms in total. The summed E-state index contributed by atoms with van der Waals surface area (Å²) in [5.74, 6) is 0.779. The fourth-order valence-electron chi connectivity index (χ4n) is 3.80. The zero-order valence-corrected chi connectivity index (χ0v) is 16.2. The van der Waals surface area contributed by atoms with E-state index in [4.69, 9.17) is 9.97 Å². The highest BCUT2D eigenvalue weighted by atomic mass is 14.9. The summed E-state index contributed by atoms with van der Waals surface area (Å²) in [6.07, 6.45) is 0. The molecule has 0 atom stereocenters. The van der Waals surface area contributed by atoms with Crippen molar-refractivity contribution >= 4 is 10.9 Å². The smallest absolute Gasteiger partial charge is 0.126 e. The normalized spacial score (nSPS) is 10.9. The third-order valence-electron chi connectivity index (χ3n) is 5.15. The quantitative estimate of drug-likeness (QED) is 0.343. The molecule has 0 saturated carbocycles. The van der Waals surface area contributed by atoms with Crippen molar-refractivity contribution in [3.05, 3.63) is 109 Å². The Labute approximate surface area is 170 Å². The largest absolute Gasteiger partial charge is 0.233 e. The van der Waals surface area contributed by atoms with Crippen LogP contribution in [0.3, 0.4) is 0 Å². The van der Waals surface area contributed by atoms with E-state index in [1.165, 1.54) is 11.1 Å². The number of hydrogen-bond acceptors (Lipinski definition) is 2. The molecule has 0 radical (unpaired) electrons. The first-order valence-corrected chi connectivity index (χ1v) is 9.78. The van der Waals surface area contributed by atoms with Gasteiger partial charge in [-0.3, -0.25) is 0 Å². The summed E-state index contributed by atoms with van der Waals surface area (Å²) in [6.45, 7) is 1.96. The summed E-state index contributed by atoms with van der Waals surface area (Å²) in [6, 6.07) is 35.8. The van der Waals surface area contributed by atoms with Gasteiger partial charge in [0.25, 0.3) is 0 Å². The van der Waals surface area contributed by atoms with Crippen LogP contribution in [0.4, 0.5) is 0 Å². The molecular formula is C27H20N2. The molecule has 4 aromatic carbocycles. The van der Waals surface area contributed by atoms with Gasteiger partial charge in [0.05, 0.1) is 11.2 Å². The summed E-state index contributed by atoms with van der Waals surface area (Å²) in [4.78, 5) is 9.69. The zero-order valence-electron chi connectivity index (χ0n) is 16.2. The van der Waals surface area contributed by atoms with Gasteiger partial charge in [0.15, 0.2) is 0 Å². The van der Waals surface area contributed by atoms with Crippen molar-refractivity contribution in [2.24, 2.45) is 0 Å². The highest BCUT2D eigenvalue weighted by molar-refractivity contribution is 6.03. The molecule has 1 heterocycles. The van der Waals surface area contributed by atoms with Gasteiger partial charge in [0, 0.05) is 16.5 Å². The number of hydrogen-bond donors (Lipinski definition) is 0. The molecule has 2 heteroatoms. The van der Waals surface area contributed by atoms with E-state index in [2.05, 4.69) is 84.9 Å². The highest BCUT2D eigenvalue weighted by Crippen LogP contribution is 2.37. The molecular weight excluding hydrogens is 352 g/mol. The van der Waals surface area contributed by atoms with E-state index in [9.17, 15) is 0 Å². The van der Waals surface area contributed by atoms with Gasteiger partial charge in [-0.05, 0) is 35.7 Å². The Bertz CT molecular complexity index is 1280. The number of fused-ring (bicyclic) bond motifs is 1. The predicted molar refractivity (Wildman–Crippen MR) is 121 cm³/mol. The lowest BCUT2D eigenvalue weighted by molar-refractivity contribution is 1.10. The second-order valence-corrected chi connectivity index (χ2v) is 7.14. The minimum atomic E-state index is 0.779. The van der Waals surface area contributed by atoms with Crippen LogP contribution in [-0.2, 0) is 0 Å². The molecule has 1 aromatic heterocycles. The summed E-state index contributed by atoms with van der Waals surface area (Å²) in [5.41, 5.74) is 7.71. The van der Waals surface area contributed by atoms with Crippen LogP contribution in [0.25, 0.3) is 44.4 Å². The first kappa shape index (κ1) is 17.3. The van der Waals surface area contributed by atoms with Crippen molar-refractivity contribution in [1.29, 1.82) is 0 Å². The van der Waals surface area contributed by atoms with Crippen molar-refractivity contribution < 1.29 is 0 Å². The molecule has 0 aliphatic heterocycles. The monoisotopic (exact) mass is 372 g/mol. The standard InChI is InChI=1S/C27H20N2/c1-19-28-26(22-15-9-4-10-16-22)25-18-23(20-11-5-2-6-12-20)17-24(27(25)29-19)21-13-7-3-8-14-21/h2-18H,1H3. The van der Waals surface area contributed by atoms with Gasteiger partial charge in [0.1, 0.15) is 5.82 Å². The van der Waals surface area contributed by atoms with Crippen molar-refractivity contribution in [1.82, 2.24) is 9.97 Å². The second-order valence-electron chi connectivity index (χ2n) is 7.14. The fourth-order valence-corrected chi connectivity index (χ4v) is 3.80. The van der Waals surface area contributed by atoms with Gasteiger partial charge in [-0.15, -0.1) is 0 Å². The second kappa shape index (κ2) is 7.33. The highest BCUT2D eigenvalue weighted by Gasteiger charge is 2.15. The molecule has 0 saturated heterocycles. The van der Waals surface area contributed by atoms with Gasteiger partial charge in [-0.25, -0.2) is 9.97 Å². The Morgan fingerprint density at radius 2 is 1.07 bits per heavy atom. The van der Waals surface area contributed by atoms with Crippen LogP contribution in [0.15, 0.2) is 103 Å². The summed E-state index contributed by atoms with van der Waals surface area (Å²) < 4.78 is 0. The molecule has 5 aromatic rings. The molecule has 0 amide bonds. The fraction of sp³-hybridized carbons (Fsp3) is 0.0370. The summed E-state index contributed by atoms with van der Waals surface area (Å²) in [7, 11) is 0. The van der Waals surface area contributed by atoms with Crippen LogP contribution in [0, 0.1) is 6.92 Å². The zero-order chi connectivity index (χ0) is 19.6. The average molecular weight is 372 g/mol. The average Bonchev–Trinajstić information content (AvgIpc) is 2.79. The molecule has 0 unspecified atom stereocenters. The predicted octanol–water partition coefficient (Wildman–Crippen LogP) is 6.94. The number of rotatable bonds is 3. The first-order chi connectivity index (χ1) is 14.3. The Morgan fingerprint density at radius 3 is 1.69 bits per heavy atom. The van der Waals surface area contributed by atoms with Crippen LogP contribution in [-0.4, -0.2) is 9.97 Å². The molecule has 0 N–H and O–H groups in total. The van der Waals surface area contributed by atoms with Gasteiger partial charge in [0.2, 0.25) is 0 Å². The van der Waals surface area contributed by atoms with Crippen molar-refractivity contribution in [3.63, 3.8) is 0 Å². The van der Waals surface area contributed by atoms with Crippen LogP contribution in [0.1, 0.15) is 5.82 Å². The SMILES string of the molecule is Cc1nc(-c2ccccc2)c2cc(-c3ccccc3)cc(-c3ccccc3)c2n1. The van der Waals surface area contributed by atoms with Crippen LogP contribution in [0.2, 0.25) is 0 Å². The third kappa shape index (κ3) is 3.30. The molecule has 138 valence electrons. The van der Waals surface area contributed by atoms with E-state index in [-0.39, 0.29) is 0 Å². The van der Waals surface area contributed by atoms with Crippen molar-refractivity contribution in [2.75, 3.05) is 0 Å². The van der Waals surface area contributed by atoms with E-state index < -0.39 is 0 Å². The summed E-state index contributed by atoms with van der Waals surface area (Å²) >= 11 is 0. The van der Waals surface area contributed by atoms with Crippen molar-refractivity contribution in [2.45, 2.75) is 6.92 Å². The minimum absolute atomic E-state index is 0.779. The van der Waals surface area contributed by atoms with E-state index in [0.717, 1.165) is 39.1 Å². The number of nitrogens with zero attached hydrogens (tertiary/aromatic N) is 2. The molecule has 0 bridgehead atoms. The lowest BCUT2D eigenvalue weighted by Gasteiger charge is -2.14. The van der Waals surface area contributed by atoms with E-state index in [1.807, 2.05) is 25.1 Å².